The SMILES string of the molecule is COCOC([C@@H](C)/C=C/[C@@H](C)[C@H]1CC[C@H]2C3=CC=C4C[C@@H](O)CC[C@]4(C)[C@H]3CC[C@]12C)(C(F)(F)F)C(F)(F)F. The molecule has 222 valence electrons. The third-order valence-electron chi connectivity index (χ3n) is 10.8. The first kappa shape index (κ1) is 30.6. The summed E-state index contributed by atoms with van der Waals surface area (Å²) in [7, 11) is 0.988. The van der Waals surface area contributed by atoms with Crippen LogP contribution in [0, 0.1) is 40.4 Å². The van der Waals surface area contributed by atoms with Crippen molar-refractivity contribution < 1.29 is 40.9 Å². The molecule has 0 saturated heterocycles. The number of allylic oxidation sites excluding steroid dienone is 4. The molecule has 0 radical (unpaired) electrons. The Balaban J connectivity index is 1.57. The van der Waals surface area contributed by atoms with Gasteiger partial charge >= 0.3 is 12.4 Å². The van der Waals surface area contributed by atoms with Crippen LogP contribution in [0.5, 0.6) is 0 Å². The van der Waals surface area contributed by atoms with Crippen molar-refractivity contribution in [1.29, 1.82) is 0 Å². The van der Waals surface area contributed by atoms with E-state index in [0.717, 1.165) is 58.6 Å². The first-order chi connectivity index (χ1) is 18.0. The highest BCUT2D eigenvalue weighted by molar-refractivity contribution is 5.39. The van der Waals surface area contributed by atoms with Crippen molar-refractivity contribution in [3.05, 3.63) is 35.5 Å². The van der Waals surface area contributed by atoms with Crippen LogP contribution in [-0.4, -0.2) is 43.1 Å². The summed E-state index contributed by atoms with van der Waals surface area (Å²) in [6.07, 6.45) is 1.66. The molecule has 39 heavy (non-hydrogen) atoms. The predicted molar refractivity (Wildman–Crippen MR) is 136 cm³/mol. The lowest BCUT2D eigenvalue weighted by atomic mass is 9.50. The molecule has 3 fully saturated rings. The van der Waals surface area contributed by atoms with Gasteiger partial charge in [-0.15, -0.1) is 0 Å². The van der Waals surface area contributed by atoms with Crippen molar-refractivity contribution in [3.63, 3.8) is 0 Å². The Bertz CT molecular complexity index is 984. The van der Waals surface area contributed by atoms with Gasteiger partial charge in [0, 0.05) is 13.0 Å². The summed E-state index contributed by atoms with van der Waals surface area (Å²) in [6.45, 7) is 6.26. The first-order valence-corrected chi connectivity index (χ1v) is 14.1. The third kappa shape index (κ3) is 4.92. The molecule has 4 rings (SSSR count). The molecular formula is C30H42F6O3. The molecule has 8 atom stereocenters. The quantitative estimate of drug-likeness (QED) is 0.193. The molecule has 3 nitrogen and oxygen atoms in total. The van der Waals surface area contributed by atoms with Crippen LogP contribution < -0.4 is 0 Å². The fourth-order valence-corrected chi connectivity index (χ4v) is 8.62. The van der Waals surface area contributed by atoms with E-state index in [1.54, 1.807) is 0 Å². The Labute approximate surface area is 227 Å². The van der Waals surface area contributed by atoms with Crippen LogP contribution in [-0.2, 0) is 9.47 Å². The molecule has 0 aliphatic heterocycles. The normalized spacial score (nSPS) is 37.0. The summed E-state index contributed by atoms with van der Waals surface area (Å²) in [5.74, 6) is -1.29. The minimum Gasteiger partial charge on any atom is -0.393 e. The minimum atomic E-state index is -5.68. The molecule has 0 spiro atoms. The fourth-order valence-electron chi connectivity index (χ4n) is 8.62. The van der Waals surface area contributed by atoms with Gasteiger partial charge in [0.15, 0.2) is 0 Å². The van der Waals surface area contributed by atoms with Gasteiger partial charge in [0.2, 0.25) is 0 Å². The summed E-state index contributed by atoms with van der Waals surface area (Å²) >= 11 is 0. The van der Waals surface area contributed by atoms with Crippen molar-refractivity contribution in [3.8, 4) is 0 Å². The summed E-state index contributed by atoms with van der Waals surface area (Å²) < 4.78 is 92.4. The van der Waals surface area contributed by atoms with Gasteiger partial charge in [0.1, 0.15) is 6.79 Å². The zero-order valence-electron chi connectivity index (χ0n) is 23.5. The lowest BCUT2D eigenvalue weighted by molar-refractivity contribution is -0.402. The highest BCUT2D eigenvalue weighted by Crippen LogP contribution is 2.66. The number of fused-ring (bicyclic) bond motifs is 5. The molecule has 0 heterocycles. The van der Waals surface area contributed by atoms with Gasteiger partial charge in [-0.1, -0.05) is 63.1 Å². The molecule has 3 saturated carbocycles. The molecule has 0 aromatic carbocycles. The number of hydrogen-bond donors (Lipinski definition) is 1. The second kappa shape index (κ2) is 10.5. The molecule has 0 aromatic heterocycles. The monoisotopic (exact) mass is 564 g/mol. The fraction of sp³-hybridized carbons (Fsp3) is 0.800. The zero-order valence-corrected chi connectivity index (χ0v) is 23.5. The maximum Gasteiger partial charge on any atom is 0.427 e. The largest absolute Gasteiger partial charge is 0.427 e. The van der Waals surface area contributed by atoms with Gasteiger partial charge in [0.05, 0.1) is 6.10 Å². The molecule has 0 aromatic rings. The molecule has 0 amide bonds. The Morgan fingerprint density at radius 2 is 1.62 bits per heavy atom. The van der Waals surface area contributed by atoms with E-state index in [4.69, 9.17) is 0 Å². The van der Waals surface area contributed by atoms with Crippen molar-refractivity contribution in [1.82, 2.24) is 0 Å². The Morgan fingerprint density at radius 1 is 0.949 bits per heavy atom. The predicted octanol–water partition coefficient (Wildman–Crippen LogP) is 8.16. The van der Waals surface area contributed by atoms with E-state index in [9.17, 15) is 31.4 Å². The van der Waals surface area contributed by atoms with E-state index in [0.29, 0.717) is 18.3 Å². The van der Waals surface area contributed by atoms with Crippen LogP contribution in [0.25, 0.3) is 0 Å². The number of ether oxygens (including phenoxy) is 2. The van der Waals surface area contributed by atoms with Gasteiger partial charge in [-0.05, 0) is 79.4 Å². The topological polar surface area (TPSA) is 38.7 Å². The van der Waals surface area contributed by atoms with Crippen LogP contribution in [0.1, 0.15) is 72.6 Å². The van der Waals surface area contributed by atoms with E-state index in [2.05, 4.69) is 35.5 Å². The second-order valence-corrected chi connectivity index (χ2v) is 12.8. The van der Waals surface area contributed by atoms with Crippen LogP contribution in [0.4, 0.5) is 26.3 Å². The van der Waals surface area contributed by atoms with E-state index < -0.39 is 30.7 Å². The molecule has 4 aliphatic rings. The van der Waals surface area contributed by atoms with Crippen LogP contribution in [0.2, 0.25) is 0 Å². The van der Waals surface area contributed by atoms with Crippen LogP contribution in [0.15, 0.2) is 35.5 Å². The van der Waals surface area contributed by atoms with Crippen molar-refractivity contribution in [2.24, 2.45) is 40.4 Å². The molecule has 9 heteroatoms. The van der Waals surface area contributed by atoms with Crippen LogP contribution >= 0.6 is 0 Å². The van der Waals surface area contributed by atoms with Gasteiger partial charge in [-0.25, -0.2) is 0 Å². The minimum absolute atomic E-state index is 0.0460. The average molecular weight is 565 g/mol. The van der Waals surface area contributed by atoms with Gasteiger partial charge < -0.3 is 14.6 Å². The number of rotatable bonds is 7. The van der Waals surface area contributed by atoms with Crippen molar-refractivity contribution >= 4 is 0 Å². The third-order valence-corrected chi connectivity index (χ3v) is 10.8. The Hall–Kier alpha value is -1.32. The highest BCUT2D eigenvalue weighted by atomic mass is 19.4. The standard InChI is InChI=1S/C30H42F6O3/c1-18(6-7-19(2)28(29(31,32)33,30(34,35)36)39-17-38-5)23-10-11-24-22-9-8-20-16-21(37)12-14-26(20,3)25(22)13-15-27(23,24)4/h6-9,18-19,21,23-25,37H,10-17H2,1-5H3/b7-6+/t18-,19+,21+,23-,24+,25+,26+,27-/m1/s1. The summed E-state index contributed by atoms with van der Waals surface area (Å²) in [6, 6.07) is 0. The zero-order chi connectivity index (χ0) is 29.0. The lowest BCUT2D eigenvalue weighted by Gasteiger charge is -2.55. The maximum absolute atomic E-state index is 13.9. The number of hydrogen-bond acceptors (Lipinski definition) is 3. The number of alkyl halides is 6. The maximum atomic E-state index is 13.9. The molecule has 1 N–H and O–H groups in total. The van der Waals surface area contributed by atoms with E-state index in [1.807, 2.05) is 6.92 Å². The lowest BCUT2D eigenvalue weighted by Crippen LogP contribution is -2.62. The summed E-state index contributed by atoms with van der Waals surface area (Å²) in [5.41, 5.74) is -1.62. The Morgan fingerprint density at radius 3 is 2.23 bits per heavy atom. The summed E-state index contributed by atoms with van der Waals surface area (Å²) in [5, 5.41) is 10.2. The number of halogens is 6. The van der Waals surface area contributed by atoms with E-state index >= 15 is 0 Å². The highest BCUT2D eigenvalue weighted by Gasteiger charge is 2.74. The van der Waals surface area contributed by atoms with Crippen molar-refractivity contribution in [2.45, 2.75) is 96.7 Å². The smallest absolute Gasteiger partial charge is 0.393 e. The number of aliphatic hydroxyl groups excluding tert-OH is 1. The van der Waals surface area contributed by atoms with E-state index in [1.165, 1.54) is 17.2 Å². The number of methoxy groups -OCH3 is 1. The molecule has 4 aliphatic carbocycles. The molecular weight excluding hydrogens is 522 g/mol. The summed E-state index contributed by atoms with van der Waals surface area (Å²) in [4.78, 5) is 0. The number of aliphatic hydroxyl groups is 1. The molecule has 0 unspecified atom stereocenters. The van der Waals surface area contributed by atoms with Gasteiger partial charge in [0.25, 0.3) is 5.60 Å². The van der Waals surface area contributed by atoms with Gasteiger partial charge in [-0.3, -0.25) is 0 Å². The molecule has 0 bridgehead atoms. The average Bonchev–Trinajstić information content (AvgIpc) is 3.19. The van der Waals surface area contributed by atoms with Gasteiger partial charge in [-0.2, -0.15) is 26.3 Å². The second-order valence-electron chi connectivity index (χ2n) is 12.8. The Kier molecular flexibility index (Phi) is 8.25. The van der Waals surface area contributed by atoms with E-state index in [-0.39, 0.29) is 28.8 Å². The van der Waals surface area contributed by atoms with Crippen LogP contribution in [0.3, 0.4) is 0 Å². The van der Waals surface area contributed by atoms with Crippen molar-refractivity contribution in [2.75, 3.05) is 13.9 Å². The first-order valence-electron chi connectivity index (χ1n) is 14.1.